The highest BCUT2D eigenvalue weighted by atomic mass is 19.1. The zero-order chi connectivity index (χ0) is 14.4. The Morgan fingerprint density at radius 2 is 2.35 bits per heavy atom. The Labute approximate surface area is 119 Å². The van der Waals surface area contributed by atoms with E-state index in [2.05, 4.69) is 16.7 Å². The van der Waals surface area contributed by atoms with Crippen molar-refractivity contribution in [2.45, 2.75) is 25.5 Å². The molecule has 1 saturated heterocycles. The van der Waals surface area contributed by atoms with Gasteiger partial charge in [0.25, 0.3) is 0 Å². The second kappa shape index (κ2) is 7.39. The van der Waals surface area contributed by atoms with Gasteiger partial charge in [-0.15, -0.1) is 0 Å². The Kier molecular flexibility index (Phi) is 5.54. The Morgan fingerprint density at radius 3 is 3.10 bits per heavy atom. The molecule has 108 valence electrons. The van der Waals surface area contributed by atoms with Gasteiger partial charge in [0.2, 0.25) is 0 Å². The van der Waals surface area contributed by atoms with E-state index in [0.29, 0.717) is 11.7 Å². The van der Waals surface area contributed by atoms with E-state index in [1.807, 2.05) is 12.1 Å². The number of rotatable bonds is 3. The molecule has 1 aliphatic rings. The van der Waals surface area contributed by atoms with Gasteiger partial charge in [-0.05, 0) is 37.1 Å². The van der Waals surface area contributed by atoms with E-state index in [1.54, 1.807) is 7.11 Å². The maximum Gasteiger partial charge on any atom is 0.138 e. The molecule has 0 radical (unpaired) electrons. The van der Waals surface area contributed by atoms with Crippen molar-refractivity contribution in [2.24, 2.45) is 5.73 Å². The molecule has 2 N–H and O–H groups in total. The van der Waals surface area contributed by atoms with E-state index < -0.39 is 0 Å². The highest BCUT2D eigenvalue weighted by Gasteiger charge is 2.19. The van der Waals surface area contributed by atoms with Crippen LogP contribution in [0.15, 0.2) is 18.2 Å². The highest BCUT2D eigenvalue weighted by molar-refractivity contribution is 5.38. The predicted octanol–water partition coefficient (Wildman–Crippen LogP) is 1.75. The minimum absolute atomic E-state index is 0.241. The Morgan fingerprint density at radius 1 is 1.50 bits per heavy atom. The molecule has 1 fully saturated rings. The van der Waals surface area contributed by atoms with Crippen molar-refractivity contribution in [1.82, 2.24) is 4.90 Å². The number of halogens is 1. The van der Waals surface area contributed by atoms with Gasteiger partial charge >= 0.3 is 0 Å². The Hall–Kier alpha value is -1.41. The van der Waals surface area contributed by atoms with Crippen LogP contribution in [0.5, 0.6) is 0 Å². The van der Waals surface area contributed by atoms with E-state index >= 15 is 0 Å². The van der Waals surface area contributed by atoms with Crippen LogP contribution < -0.4 is 5.73 Å². The van der Waals surface area contributed by atoms with E-state index in [0.717, 1.165) is 38.0 Å². The van der Waals surface area contributed by atoms with Crippen molar-refractivity contribution in [1.29, 1.82) is 0 Å². The number of nitrogens with zero attached hydrogens (tertiary/aromatic N) is 1. The number of nitrogens with two attached hydrogens (primary N) is 1. The molecule has 0 amide bonds. The summed E-state index contributed by atoms with van der Waals surface area (Å²) in [6.07, 6.45) is 2.56. The van der Waals surface area contributed by atoms with Crippen molar-refractivity contribution < 1.29 is 9.13 Å². The normalized spacial score (nSPS) is 19.4. The predicted molar refractivity (Wildman–Crippen MR) is 77.6 cm³/mol. The summed E-state index contributed by atoms with van der Waals surface area (Å²) in [6.45, 7) is 3.03. The van der Waals surface area contributed by atoms with Crippen molar-refractivity contribution in [2.75, 3.05) is 26.7 Å². The summed E-state index contributed by atoms with van der Waals surface area (Å²) in [6, 6.07) is 5.11. The molecule has 0 aliphatic carbocycles. The largest absolute Gasteiger partial charge is 0.380 e. The van der Waals surface area contributed by atoms with Crippen LogP contribution in [-0.4, -0.2) is 37.7 Å². The summed E-state index contributed by atoms with van der Waals surface area (Å²) < 4.78 is 19.0. The molecule has 20 heavy (non-hydrogen) atoms. The molecule has 1 atom stereocenters. The first-order chi connectivity index (χ1) is 9.72. The molecule has 1 aromatic carbocycles. The van der Waals surface area contributed by atoms with Crippen LogP contribution in [-0.2, 0) is 11.3 Å². The molecule has 2 rings (SSSR count). The van der Waals surface area contributed by atoms with Gasteiger partial charge in [0.1, 0.15) is 5.82 Å². The molecule has 0 bridgehead atoms. The Balaban J connectivity index is 2.05. The molecule has 0 saturated carbocycles. The molecule has 1 aromatic rings. The fraction of sp³-hybridized carbons (Fsp3) is 0.500. The van der Waals surface area contributed by atoms with Gasteiger partial charge in [-0.2, -0.15) is 0 Å². The van der Waals surface area contributed by atoms with Gasteiger partial charge in [-0.3, -0.25) is 4.90 Å². The van der Waals surface area contributed by atoms with Crippen LogP contribution in [0.3, 0.4) is 0 Å². The topological polar surface area (TPSA) is 38.5 Å². The molecule has 1 heterocycles. The standard InChI is InChI=1S/C16H21FN2O/c1-20-15-5-3-9-19(12-15)11-13-6-7-16(17)14(10-13)4-2-8-18/h6-7,10,15H,3,5,8-9,11-12,18H2,1H3. The van der Waals surface area contributed by atoms with Gasteiger partial charge in [0.15, 0.2) is 0 Å². The first kappa shape index (κ1) is 15.0. The number of methoxy groups -OCH3 is 1. The molecule has 4 heteroatoms. The third kappa shape index (κ3) is 4.04. The third-order valence-electron chi connectivity index (χ3n) is 3.56. The average Bonchev–Trinajstić information content (AvgIpc) is 2.48. The van der Waals surface area contributed by atoms with Gasteiger partial charge in [0, 0.05) is 20.2 Å². The second-order valence-electron chi connectivity index (χ2n) is 5.06. The van der Waals surface area contributed by atoms with Crippen LogP contribution in [0.2, 0.25) is 0 Å². The van der Waals surface area contributed by atoms with Gasteiger partial charge in [-0.25, -0.2) is 4.39 Å². The number of benzene rings is 1. The molecule has 3 nitrogen and oxygen atoms in total. The van der Waals surface area contributed by atoms with Gasteiger partial charge in [0.05, 0.1) is 18.2 Å². The van der Waals surface area contributed by atoms with Crippen LogP contribution in [0.1, 0.15) is 24.0 Å². The van der Waals surface area contributed by atoms with Crippen LogP contribution in [0.4, 0.5) is 4.39 Å². The van der Waals surface area contributed by atoms with E-state index in [-0.39, 0.29) is 12.4 Å². The minimum Gasteiger partial charge on any atom is -0.380 e. The molecule has 0 spiro atoms. The van der Waals surface area contributed by atoms with Crippen LogP contribution >= 0.6 is 0 Å². The monoisotopic (exact) mass is 276 g/mol. The van der Waals surface area contributed by atoms with Crippen molar-refractivity contribution in [3.63, 3.8) is 0 Å². The lowest BCUT2D eigenvalue weighted by Crippen LogP contribution is -2.38. The summed E-state index contributed by atoms with van der Waals surface area (Å²) in [7, 11) is 1.76. The molecular formula is C16H21FN2O. The first-order valence-corrected chi connectivity index (χ1v) is 6.95. The van der Waals surface area contributed by atoms with Crippen molar-refractivity contribution >= 4 is 0 Å². The summed E-state index contributed by atoms with van der Waals surface area (Å²) in [5.74, 6) is 5.18. The summed E-state index contributed by atoms with van der Waals surface area (Å²) in [5, 5.41) is 0. The number of ether oxygens (including phenoxy) is 1. The van der Waals surface area contributed by atoms with E-state index in [9.17, 15) is 4.39 Å². The fourth-order valence-corrected chi connectivity index (χ4v) is 2.52. The quantitative estimate of drug-likeness (QED) is 0.855. The highest BCUT2D eigenvalue weighted by Crippen LogP contribution is 2.17. The smallest absolute Gasteiger partial charge is 0.138 e. The van der Waals surface area contributed by atoms with Crippen molar-refractivity contribution in [3.05, 3.63) is 35.1 Å². The maximum absolute atomic E-state index is 13.6. The third-order valence-corrected chi connectivity index (χ3v) is 3.56. The zero-order valence-corrected chi connectivity index (χ0v) is 11.9. The lowest BCUT2D eigenvalue weighted by Gasteiger charge is -2.31. The van der Waals surface area contributed by atoms with Crippen molar-refractivity contribution in [3.8, 4) is 11.8 Å². The summed E-state index contributed by atoms with van der Waals surface area (Å²) in [5.41, 5.74) is 6.82. The number of likely N-dealkylation sites (tertiary alicyclic amines) is 1. The molecule has 1 aliphatic heterocycles. The maximum atomic E-state index is 13.6. The van der Waals surface area contributed by atoms with Crippen LogP contribution in [0.25, 0.3) is 0 Å². The summed E-state index contributed by atoms with van der Waals surface area (Å²) >= 11 is 0. The Bertz CT molecular complexity index is 507. The molecule has 1 unspecified atom stereocenters. The molecular weight excluding hydrogens is 255 g/mol. The van der Waals surface area contributed by atoms with E-state index in [1.165, 1.54) is 6.07 Å². The SMILES string of the molecule is COC1CCCN(Cc2ccc(F)c(C#CCN)c2)C1. The lowest BCUT2D eigenvalue weighted by atomic mass is 10.1. The van der Waals surface area contributed by atoms with Gasteiger partial charge < -0.3 is 10.5 Å². The lowest BCUT2D eigenvalue weighted by molar-refractivity contribution is 0.0285. The molecule has 0 aromatic heterocycles. The van der Waals surface area contributed by atoms with E-state index in [4.69, 9.17) is 10.5 Å². The fourth-order valence-electron chi connectivity index (χ4n) is 2.52. The summed E-state index contributed by atoms with van der Waals surface area (Å²) in [4.78, 5) is 2.34. The number of hydrogen-bond acceptors (Lipinski definition) is 3. The minimum atomic E-state index is -0.289. The average molecular weight is 276 g/mol. The van der Waals surface area contributed by atoms with Gasteiger partial charge in [-0.1, -0.05) is 17.9 Å². The number of hydrogen-bond donors (Lipinski definition) is 1. The first-order valence-electron chi connectivity index (χ1n) is 6.95. The second-order valence-corrected chi connectivity index (χ2v) is 5.06. The zero-order valence-electron chi connectivity index (χ0n) is 11.9. The van der Waals surface area contributed by atoms with Crippen LogP contribution in [0, 0.1) is 17.7 Å². The number of piperidine rings is 1.